The molecule has 1 aromatic carbocycles. The van der Waals surface area contributed by atoms with Crippen LogP contribution in [0.5, 0.6) is 5.75 Å². The lowest BCUT2D eigenvalue weighted by molar-refractivity contribution is 0.0975. The predicted molar refractivity (Wildman–Crippen MR) is 86.3 cm³/mol. The second-order valence-electron chi connectivity index (χ2n) is 5.86. The molecule has 1 amide bonds. The Kier molecular flexibility index (Phi) is 4.42. The number of hydrogen-bond acceptors (Lipinski definition) is 6. The minimum atomic E-state index is -4.23. The van der Waals surface area contributed by atoms with Crippen molar-refractivity contribution in [1.82, 2.24) is 14.9 Å². The van der Waals surface area contributed by atoms with Crippen molar-refractivity contribution in [2.45, 2.75) is 30.6 Å². The first-order valence-corrected chi connectivity index (χ1v) is 9.04. The van der Waals surface area contributed by atoms with E-state index in [2.05, 4.69) is 10.2 Å². The van der Waals surface area contributed by atoms with E-state index in [1.807, 2.05) is 4.72 Å². The standard InChI is InChI=1S/C16H16FN3O4S/c1-9-5-11(17)7-12(6-9)25(22,23)20-16(21)13-8-14(24-2)15(19-18-13)10-3-4-10/h5-8,10H,3-4H2,1-2H3,(H,20,21). The van der Waals surface area contributed by atoms with Gasteiger partial charge < -0.3 is 4.74 Å². The molecule has 1 saturated carbocycles. The summed E-state index contributed by atoms with van der Waals surface area (Å²) in [6.07, 6.45) is 1.95. The van der Waals surface area contributed by atoms with Crippen LogP contribution >= 0.6 is 0 Å². The van der Waals surface area contributed by atoms with Crippen LogP contribution in [0.25, 0.3) is 0 Å². The van der Waals surface area contributed by atoms with Gasteiger partial charge in [-0.05, 0) is 43.5 Å². The SMILES string of the molecule is COc1cc(C(=O)NS(=O)(=O)c2cc(C)cc(F)c2)nnc1C1CC1. The Hall–Kier alpha value is -2.55. The minimum Gasteiger partial charge on any atom is -0.495 e. The highest BCUT2D eigenvalue weighted by molar-refractivity contribution is 7.90. The lowest BCUT2D eigenvalue weighted by Crippen LogP contribution is -2.31. The van der Waals surface area contributed by atoms with Gasteiger partial charge in [0.25, 0.3) is 15.9 Å². The number of ether oxygens (including phenoxy) is 1. The topological polar surface area (TPSA) is 98.2 Å². The number of carbonyl (C=O) groups excluding carboxylic acids is 1. The fourth-order valence-electron chi connectivity index (χ4n) is 2.39. The summed E-state index contributed by atoms with van der Waals surface area (Å²) in [5.41, 5.74) is 0.878. The highest BCUT2D eigenvalue weighted by Gasteiger charge is 2.30. The van der Waals surface area contributed by atoms with Gasteiger partial charge in [-0.25, -0.2) is 17.5 Å². The average molecular weight is 365 g/mol. The number of nitrogens with one attached hydrogen (secondary N) is 1. The van der Waals surface area contributed by atoms with Crippen LogP contribution in [0.15, 0.2) is 29.2 Å². The molecule has 0 atom stereocenters. The quantitative estimate of drug-likeness (QED) is 0.869. The Morgan fingerprint density at radius 1 is 1.24 bits per heavy atom. The zero-order valence-corrected chi connectivity index (χ0v) is 14.4. The zero-order valence-electron chi connectivity index (χ0n) is 13.6. The molecule has 1 aliphatic rings. The monoisotopic (exact) mass is 365 g/mol. The molecule has 132 valence electrons. The Bertz CT molecular complexity index is 922. The van der Waals surface area contributed by atoms with Crippen LogP contribution in [0, 0.1) is 12.7 Å². The number of sulfonamides is 1. The van der Waals surface area contributed by atoms with Crippen molar-refractivity contribution in [2.75, 3.05) is 7.11 Å². The molecule has 7 nitrogen and oxygen atoms in total. The van der Waals surface area contributed by atoms with E-state index in [4.69, 9.17) is 4.74 Å². The smallest absolute Gasteiger partial charge is 0.285 e. The number of methoxy groups -OCH3 is 1. The number of benzene rings is 1. The van der Waals surface area contributed by atoms with Crippen molar-refractivity contribution in [1.29, 1.82) is 0 Å². The van der Waals surface area contributed by atoms with E-state index in [-0.39, 0.29) is 16.5 Å². The maximum absolute atomic E-state index is 13.4. The Labute approximate surface area is 144 Å². The number of nitrogens with zero attached hydrogens (tertiary/aromatic N) is 2. The summed E-state index contributed by atoms with van der Waals surface area (Å²) in [7, 11) is -2.79. The molecule has 0 saturated heterocycles. The fraction of sp³-hybridized carbons (Fsp3) is 0.312. The molecule has 9 heteroatoms. The van der Waals surface area contributed by atoms with E-state index in [0.29, 0.717) is 17.0 Å². The lowest BCUT2D eigenvalue weighted by atomic mass is 10.2. The van der Waals surface area contributed by atoms with Crippen molar-refractivity contribution < 1.29 is 22.3 Å². The molecule has 1 N–H and O–H groups in total. The number of rotatable bonds is 5. The second kappa shape index (κ2) is 6.40. The molecule has 0 radical (unpaired) electrons. The Morgan fingerprint density at radius 2 is 1.96 bits per heavy atom. The molecule has 0 unspecified atom stereocenters. The largest absolute Gasteiger partial charge is 0.495 e. The number of hydrogen-bond donors (Lipinski definition) is 1. The number of aromatic nitrogens is 2. The third-order valence-corrected chi connectivity index (χ3v) is 5.07. The molecule has 0 spiro atoms. The summed E-state index contributed by atoms with van der Waals surface area (Å²) in [4.78, 5) is 11.9. The number of halogens is 1. The minimum absolute atomic E-state index is 0.196. The van der Waals surface area contributed by atoms with Crippen molar-refractivity contribution >= 4 is 15.9 Å². The average Bonchev–Trinajstić information content (AvgIpc) is 3.37. The first-order chi connectivity index (χ1) is 11.8. The van der Waals surface area contributed by atoms with Gasteiger partial charge in [0, 0.05) is 12.0 Å². The summed E-state index contributed by atoms with van der Waals surface area (Å²) in [5.74, 6) is -1.02. The van der Waals surface area contributed by atoms with Gasteiger partial charge in [0.05, 0.1) is 12.0 Å². The highest BCUT2D eigenvalue weighted by atomic mass is 32.2. The molecule has 25 heavy (non-hydrogen) atoms. The molecule has 2 aromatic rings. The van der Waals surface area contributed by atoms with Gasteiger partial charge in [-0.15, -0.1) is 5.10 Å². The second-order valence-corrected chi connectivity index (χ2v) is 7.54. The fourth-order valence-corrected chi connectivity index (χ4v) is 3.46. The molecular formula is C16H16FN3O4S. The first-order valence-electron chi connectivity index (χ1n) is 7.56. The molecule has 1 heterocycles. The van der Waals surface area contributed by atoms with Crippen LogP contribution in [0.1, 0.15) is 40.5 Å². The van der Waals surface area contributed by atoms with Crippen molar-refractivity contribution in [3.8, 4) is 5.75 Å². The lowest BCUT2D eigenvalue weighted by Gasteiger charge is -2.09. The maximum atomic E-state index is 13.4. The highest BCUT2D eigenvalue weighted by Crippen LogP contribution is 2.42. The van der Waals surface area contributed by atoms with Gasteiger partial charge in [0.1, 0.15) is 17.3 Å². The Morgan fingerprint density at radius 3 is 2.56 bits per heavy atom. The summed E-state index contributed by atoms with van der Waals surface area (Å²) in [6.45, 7) is 1.55. The van der Waals surface area contributed by atoms with E-state index >= 15 is 0 Å². The normalized spacial score (nSPS) is 14.2. The summed E-state index contributed by atoms with van der Waals surface area (Å²) in [6, 6.07) is 4.64. The van der Waals surface area contributed by atoms with E-state index in [1.165, 1.54) is 25.3 Å². The van der Waals surface area contributed by atoms with Crippen LogP contribution in [0.3, 0.4) is 0 Å². The molecular weight excluding hydrogens is 349 g/mol. The zero-order chi connectivity index (χ0) is 18.2. The summed E-state index contributed by atoms with van der Waals surface area (Å²) in [5, 5.41) is 7.75. The van der Waals surface area contributed by atoms with Crippen LogP contribution in [-0.2, 0) is 10.0 Å². The number of amides is 1. The first kappa shape index (κ1) is 17.3. The van der Waals surface area contributed by atoms with Crippen LogP contribution in [-0.4, -0.2) is 31.6 Å². The van der Waals surface area contributed by atoms with Crippen LogP contribution in [0.4, 0.5) is 4.39 Å². The molecule has 0 aliphatic heterocycles. The van der Waals surface area contributed by atoms with Crippen molar-refractivity contribution in [3.05, 3.63) is 47.0 Å². The third-order valence-electron chi connectivity index (χ3n) is 3.76. The van der Waals surface area contributed by atoms with Crippen LogP contribution in [0.2, 0.25) is 0 Å². The summed E-state index contributed by atoms with van der Waals surface area (Å²) < 4.78 is 45.1. The molecule has 1 aromatic heterocycles. The van der Waals surface area contributed by atoms with Crippen molar-refractivity contribution in [3.63, 3.8) is 0 Å². The van der Waals surface area contributed by atoms with Gasteiger partial charge in [0.15, 0.2) is 5.69 Å². The Balaban J connectivity index is 1.86. The number of aryl methyl sites for hydroxylation is 1. The number of carbonyl (C=O) groups is 1. The van der Waals surface area contributed by atoms with Crippen LogP contribution < -0.4 is 9.46 Å². The van der Waals surface area contributed by atoms with Gasteiger partial charge >= 0.3 is 0 Å². The van der Waals surface area contributed by atoms with Gasteiger partial charge in [-0.1, -0.05) is 0 Å². The van der Waals surface area contributed by atoms with E-state index in [0.717, 1.165) is 18.9 Å². The summed E-state index contributed by atoms with van der Waals surface area (Å²) >= 11 is 0. The van der Waals surface area contributed by atoms with E-state index < -0.39 is 21.7 Å². The van der Waals surface area contributed by atoms with Crippen molar-refractivity contribution in [2.24, 2.45) is 0 Å². The molecule has 3 rings (SSSR count). The van der Waals surface area contributed by atoms with Gasteiger partial charge in [-0.3, -0.25) is 4.79 Å². The van der Waals surface area contributed by atoms with Gasteiger partial charge in [0.2, 0.25) is 0 Å². The molecule has 1 fully saturated rings. The maximum Gasteiger partial charge on any atom is 0.285 e. The third kappa shape index (κ3) is 3.76. The van der Waals surface area contributed by atoms with E-state index in [1.54, 1.807) is 6.92 Å². The van der Waals surface area contributed by atoms with E-state index in [9.17, 15) is 17.6 Å². The molecule has 0 bridgehead atoms. The predicted octanol–water partition coefficient (Wildman–Crippen LogP) is 1.93. The van der Waals surface area contributed by atoms with Gasteiger partial charge in [-0.2, -0.15) is 5.10 Å². The molecule has 1 aliphatic carbocycles.